The van der Waals surface area contributed by atoms with Gasteiger partial charge in [0.2, 0.25) is 18.0 Å². The molecular formula is C16H15N3O2. The van der Waals surface area contributed by atoms with Crippen LogP contribution in [-0.4, -0.2) is 21.8 Å². The molecule has 0 bridgehead atoms. The fraction of sp³-hybridized carbons (Fsp3) is 0.188. The fourth-order valence-electron chi connectivity index (χ4n) is 2.12. The van der Waals surface area contributed by atoms with Crippen LogP contribution in [0.25, 0.3) is 0 Å². The summed E-state index contributed by atoms with van der Waals surface area (Å²) in [5.41, 5.74) is 2.79. The van der Waals surface area contributed by atoms with Crippen molar-refractivity contribution in [3.63, 3.8) is 0 Å². The summed E-state index contributed by atoms with van der Waals surface area (Å²) in [6.45, 7) is 3.48. The number of hydrogen-bond acceptors (Lipinski definition) is 4. The van der Waals surface area contributed by atoms with E-state index in [0.29, 0.717) is 5.90 Å². The number of nitrogens with zero attached hydrogens (tertiary/aromatic N) is 3. The number of aromatic nitrogens is 1. The molecule has 5 nitrogen and oxygen atoms in total. The van der Waals surface area contributed by atoms with Gasteiger partial charge in [0, 0.05) is 30.4 Å². The third-order valence-electron chi connectivity index (χ3n) is 3.23. The summed E-state index contributed by atoms with van der Waals surface area (Å²) in [6, 6.07) is 11.5. The SMILES string of the molecule is CC(=O)N1N=C(c2ccc(C)cc2)O[C@H]1c1cccnc1. The molecule has 2 heterocycles. The number of amides is 1. The lowest BCUT2D eigenvalue weighted by Gasteiger charge is -2.18. The second kappa shape index (κ2) is 5.36. The Bertz CT molecular complexity index is 680. The molecule has 0 radical (unpaired) electrons. The summed E-state index contributed by atoms with van der Waals surface area (Å²) in [6.07, 6.45) is 2.79. The molecular weight excluding hydrogens is 266 g/mol. The normalized spacial score (nSPS) is 17.3. The predicted octanol–water partition coefficient (Wildman–Crippen LogP) is 2.63. The van der Waals surface area contributed by atoms with E-state index in [1.807, 2.05) is 37.3 Å². The van der Waals surface area contributed by atoms with Gasteiger partial charge in [-0.25, -0.2) is 0 Å². The average molecular weight is 281 g/mol. The van der Waals surface area contributed by atoms with E-state index in [0.717, 1.165) is 16.7 Å². The third kappa shape index (κ3) is 2.63. The quantitative estimate of drug-likeness (QED) is 0.850. The van der Waals surface area contributed by atoms with Gasteiger partial charge in [0.1, 0.15) is 0 Å². The van der Waals surface area contributed by atoms with Crippen LogP contribution in [0.5, 0.6) is 0 Å². The Kier molecular flexibility index (Phi) is 3.39. The van der Waals surface area contributed by atoms with Gasteiger partial charge in [-0.3, -0.25) is 9.78 Å². The lowest BCUT2D eigenvalue weighted by molar-refractivity contribution is -0.135. The van der Waals surface area contributed by atoms with E-state index in [1.54, 1.807) is 18.5 Å². The van der Waals surface area contributed by atoms with Crippen molar-refractivity contribution in [2.75, 3.05) is 0 Å². The predicted molar refractivity (Wildman–Crippen MR) is 78.3 cm³/mol. The molecule has 1 atom stereocenters. The molecule has 1 aromatic carbocycles. The summed E-state index contributed by atoms with van der Waals surface area (Å²) in [5.74, 6) is 0.269. The number of ether oxygens (including phenoxy) is 1. The monoisotopic (exact) mass is 281 g/mol. The highest BCUT2D eigenvalue weighted by atomic mass is 16.5. The summed E-state index contributed by atoms with van der Waals surface area (Å²) in [5, 5.41) is 5.64. The van der Waals surface area contributed by atoms with Crippen molar-refractivity contribution >= 4 is 11.8 Å². The van der Waals surface area contributed by atoms with Crippen LogP contribution in [0.2, 0.25) is 0 Å². The molecule has 1 aromatic heterocycles. The third-order valence-corrected chi connectivity index (χ3v) is 3.23. The summed E-state index contributed by atoms with van der Waals surface area (Å²) in [4.78, 5) is 15.8. The lowest BCUT2D eigenvalue weighted by Crippen LogP contribution is -2.25. The smallest absolute Gasteiger partial charge is 0.243 e. The zero-order valence-electron chi connectivity index (χ0n) is 11.9. The van der Waals surface area contributed by atoms with Gasteiger partial charge in [-0.15, -0.1) is 5.10 Å². The van der Waals surface area contributed by atoms with Gasteiger partial charge < -0.3 is 4.74 Å². The van der Waals surface area contributed by atoms with E-state index in [1.165, 1.54) is 11.9 Å². The van der Waals surface area contributed by atoms with Crippen molar-refractivity contribution in [1.29, 1.82) is 0 Å². The fourth-order valence-corrected chi connectivity index (χ4v) is 2.12. The molecule has 0 fully saturated rings. The Balaban J connectivity index is 1.93. The number of hydrogen-bond donors (Lipinski definition) is 0. The first kappa shape index (κ1) is 13.3. The van der Waals surface area contributed by atoms with Gasteiger partial charge in [0.05, 0.1) is 0 Å². The largest absolute Gasteiger partial charge is 0.446 e. The molecule has 0 N–H and O–H groups in total. The standard InChI is InChI=1S/C16H15N3O2/c1-11-5-7-13(8-6-11)15-18-19(12(2)20)16(21-15)14-4-3-9-17-10-14/h3-10,16H,1-2H3/t16-/m0/s1. The molecule has 0 aliphatic carbocycles. The van der Waals surface area contributed by atoms with Crippen molar-refractivity contribution in [1.82, 2.24) is 9.99 Å². The molecule has 2 aromatic rings. The van der Waals surface area contributed by atoms with Crippen LogP contribution >= 0.6 is 0 Å². The lowest BCUT2D eigenvalue weighted by atomic mass is 10.1. The number of hydrazone groups is 1. The highest BCUT2D eigenvalue weighted by Crippen LogP contribution is 2.29. The van der Waals surface area contributed by atoms with Gasteiger partial charge in [-0.1, -0.05) is 23.8 Å². The highest BCUT2D eigenvalue weighted by Gasteiger charge is 2.33. The average Bonchev–Trinajstić information content (AvgIpc) is 2.94. The van der Waals surface area contributed by atoms with E-state index in [2.05, 4.69) is 10.1 Å². The summed E-state index contributed by atoms with van der Waals surface area (Å²) in [7, 11) is 0. The number of rotatable bonds is 2. The van der Waals surface area contributed by atoms with Crippen molar-refractivity contribution < 1.29 is 9.53 Å². The molecule has 1 aliphatic heterocycles. The highest BCUT2D eigenvalue weighted by molar-refractivity contribution is 5.96. The first-order valence-electron chi connectivity index (χ1n) is 6.67. The van der Waals surface area contributed by atoms with Gasteiger partial charge in [0.15, 0.2) is 0 Å². The number of carbonyl (C=O) groups is 1. The number of benzene rings is 1. The topological polar surface area (TPSA) is 54.8 Å². The molecule has 5 heteroatoms. The maximum absolute atomic E-state index is 11.8. The molecule has 106 valence electrons. The van der Waals surface area contributed by atoms with Crippen LogP contribution in [-0.2, 0) is 9.53 Å². The van der Waals surface area contributed by atoms with Crippen LogP contribution in [0, 0.1) is 6.92 Å². The first-order valence-corrected chi connectivity index (χ1v) is 6.67. The molecule has 0 saturated carbocycles. The molecule has 1 amide bonds. The molecule has 21 heavy (non-hydrogen) atoms. The maximum Gasteiger partial charge on any atom is 0.243 e. The molecule has 3 rings (SSSR count). The summed E-state index contributed by atoms with van der Waals surface area (Å²) >= 11 is 0. The maximum atomic E-state index is 11.8. The van der Waals surface area contributed by atoms with Crippen molar-refractivity contribution in [3.8, 4) is 0 Å². The Morgan fingerprint density at radius 2 is 2.00 bits per heavy atom. The van der Waals surface area contributed by atoms with Crippen molar-refractivity contribution in [3.05, 3.63) is 65.5 Å². The van der Waals surface area contributed by atoms with Gasteiger partial charge in [-0.2, -0.15) is 5.01 Å². The summed E-state index contributed by atoms with van der Waals surface area (Å²) < 4.78 is 5.86. The second-order valence-electron chi connectivity index (χ2n) is 4.89. The molecule has 0 spiro atoms. The van der Waals surface area contributed by atoms with Crippen LogP contribution in [0.3, 0.4) is 0 Å². The molecule has 0 saturated heterocycles. The van der Waals surface area contributed by atoms with Crippen molar-refractivity contribution in [2.24, 2.45) is 5.10 Å². The Morgan fingerprint density at radius 3 is 2.62 bits per heavy atom. The van der Waals surface area contributed by atoms with E-state index in [4.69, 9.17) is 4.74 Å². The number of aryl methyl sites for hydroxylation is 1. The minimum absolute atomic E-state index is 0.175. The van der Waals surface area contributed by atoms with E-state index in [-0.39, 0.29) is 5.91 Å². The zero-order chi connectivity index (χ0) is 14.8. The first-order chi connectivity index (χ1) is 10.1. The minimum Gasteiger partial charge on any atom is -0.446 e. The van der Waals surface area contributed by atoms with E-state index < -0.39 is 6.23 Å². The van der Waals surface area contributed by atoms with Gasteiger partial charge in [-0.05, 0) is 25.1 Å². The minimum atomic E-state index is -0.562. The second-order valence-corrected chi connectivity index (χ2v) is 4.89. The Labute approximate surface area is 122 Å². The van der Waals surface area contributed by atoms with E-state index >= 15 is 0 Å². The Hall–Kier alpha value is -2.69. The van der Waals surface area contributed by atoms with Crippen LogP contribution < -0.4 is 0 Å². The molecule has 0 unspecified atom stereocenters. The zero-order valence-corrected chi connectivity index (χ0v) is 11.9. The van der Waals surface area contributed by atoms with Crippen LogP contribution in [0.4, 0.5) is 0 Å². The van der Waals surface area contributed by atoms with E-state index in [9.17, 15) is 4.79 Å². The molecule has 1 aliphatic rings. The van der Waals surface area contributed by atoms with Gasteiger partial charge in [0.25, 0.3) is 0 Å². The Morgan fingerprint density at radius 1 is 1.24 bits per heavy atom. The van der Waals surface area contributed by atoms with Gasteiger partial charge >= 0.3 is 0 Å². The van der Waals surface area contributed by atoms with Crippen molar-refractivity contribution in [2.45, 2.75) is 20.1 Å². The van der Waals surface area contributed by atoms with Crippen LogP contribution in [0.15, 0.2) is 53.9 Å². The number of carbonyl (C=O) groups excluding carboxylic acids is 1. The number of pyridine rings is 1. The van der Waals surface area contributed by atoms with Crippen LogP contribution in [0.1, 0.15) is 29.8 Å².